The van der Waals surface area contributed by atoms with Crippen molar-refractivity contribution < 1.29 is 49.1 Å². The van der Waals surface area contributed by atoms with Gasteiger partial charge in [0.25, 0.3) is 0 Å². The summed E-state index contributed by atoms with van der Waals surface area (Å²) < 4.78 is 11.6. The molecule has 0 spiro atoms. The summed E-state index contributed by atoms with van der Waals surface area (Å²) in [6.07, 6.45) is 51.1. The van der Waals surface area contributed by atoms with E-state index in [1.165, 1.54) is 6.92 Å². The van der Waals surface area contributed by atoms with Gasteiger partial charge < -0.3 is 29.9 Å². The largest absolute Gasteiger partial charge is 0.462 e. The van der Waals surface area contributed by atoms with Crippen LogP contribution in [-0.2, 0) is 28.7 Å². The number of Topliss-reactive ketones (excluding diaryl/α,β-unsaturated/α-hetero) is 3. The van der Waals surface area contributed by atoms with Crippen molar-refractivity contribution in [1.82, 2.24) is 0 Å². The molecule has 1 heterocycles. The highest BCUT2D eigenvalue weighted by atomic mass is 16.6. The van der Waals surface area contributed by atoms with Gasteiger partial charge in [-0.2, -0.15) is 0 Å². The quantitative estimate of drug-likeness (QED) is 0.0285. The van der Waals surface area contributed by atoms with Crippen molar-refractivity contribution in [3.05, 3.63) is 230 Å². The van der Waals surface area contributed by atoms with Gasteiger partial charge >= 0.3 is 5.97 Å². The number of hydrogen-bond acceptors (Lipinski definition) is 10. The van der Waals surface area contributed by atoms with Gasteiger partial charge in [0.1, 0.15) is 23.9 Å². The first-order valence-corrected chi connectivity index (χ1v) is 32.5. The van der Waals surface area contributed by atoms with Crippen molar-refractivity contribution in [3.63, 3.8) is 0 Å². The first kappa shape index (κ1) is 77.6. The highest BCUT2D eigenvalue weighted by molar-refractivity contribution is 6.01. The van der Waals surface area contributed by atoms with Gasteiger partial charge in [-0.1, -0.05) is 235 Å². The highest BCUT2D eigenvalue weighted by Gasteiger charge is 2.76. The van der Waals surface area contributed by atoms with Crippen LogP contribution >= 0.6 is 0 Å². The van der Waals surface area contributed by atoms with Crippen LogP contribution in [0.3, 0.4) is 0 Å². The zero-order valence-corrected chi connectivity index (χ0v) is 59.4. The Balaban J connectivity index is 0.000000394. The monoisotopic (exact) mass is 1250 g/mol. The lowest BCUT2D eigenvalue weighted by Crippen LogP contribution is -2.48. The van der Waals surface area contributed by atoms with E-state index >= 15 is 0 Å². The van der Waals surface area contributed by atoms with Crippen LogP contribution in [0.2, 0.25) is 0 Å². The van der Waals surface area contributed by atoms with Crippen molar-refractivity contribution in [2.75, 3.05) is 0 Å². The van der Waals surface area contributed by atoms with Crippen molar-refractivity contribution >= 4 is 23.3 Å². The van der Waals surface area contributed by atoms with Crippen molar-refractivity contribution in [1.29, 1.82) is 0 Å². The molecular weight excluding hydrogens is 1140 g/mol. The summed E-state index contributed by atoms with van der Waals surface area (Å²) in [7, 11) is 0. The fourth-order valence-corrected chi connectivity index (χ4v) is 13.4. The molecule has 4 aliphatic carbocycles. The Morgan fingerprint density at radius 2 is 0.880 bits per heavy atom. The molecule has 0 bridgehead atoms. The molecule has 0 unspecified atom stereocenters. The summed E-state index contributed by atoms with van der Waals surface area (Å²) in [5.41, 5.74) is 12.5. The number of rotatable bonds is 21. The Labute approximate surface area is 553 Å². The number of carbonyl (C=O) groups excluding carboxylic acids is 4. The maximum absolute atomic E-state index is 13.1. The fraction of sp³-hybridized carbons (Fsp3) is 0.476. The minimum Gasteiger partial charge on any atom is -0.462 e. The van der Waals surface area contributed by atoms with Crippen LogP contribution in [0.25, 0.3) is 0 Å². The van der Waals surface area contributed by atoms with Crippen LogP contribution in [0.5, 0.6) is 0 Å². The SMILES string of the molecule is CC(=O)O[C@H]1CC(C)(C)C(=C=C/C(C)=C/C=C/C(C)=C/C=C/C=C(C)/C=C/C=C(\C)C(=O)C[C@@]23O[C@]2(C)C[C@@H](O)CC3(C)C)[C@](C)(O)C1.CC1=C(/C=C/C(C)=C/C=C/C(C)=C/C=C/C=C(C)/C=C/C=C(C)/C=C/C2=C(C)C(=O)[C@@H](O)CC2(C)C)C(C)(C)C[C@H](O)C1=O. The third-order valence-corrected chi connectivity index (χ3v) is 18.4. The molecule has 2 saturated carbocycles. The first-order chi connectivity index (χ1) is 42.6. The molecule has 92 heavy (non-hydrogen) atoms. The number of fused-ring (bicyclic) bond motifs is 1. The summed E-state index contributed by atoms with van der Waals surface area (Å²) in [4.78, 5) is 49.0. The maximum Gasteiger partial charge on any atom is 0.302 e. The molecular formula is C82H110O10. The van der Waals surface area contributed by atoms with Gasteiger partial charge in [-0.05, 0) is 170 Å². The lowest BCUT2D eigenvalue weighted by Gasteiger charge is -2.44. The van der Waals surface area contributed by atoms with Crippen molar-refractivity contribution in [3.8, 4) is 0 Å². The Kier molecular flexibility index (Phi) is 27.7. The van der Waals surface area contributed by atoms with Crippen LogP contribution in [0.15, 0.2) is 230 Å². The molecule has 0 aromatic carbocycles. The zero-order chi connectivity index (χ0) is 69.4. The van der Waals surface area contributed by atoms with Gasteiger partial charge in [0.2, 0.25) is 0 Å². The molecule has 10 heteroatoms. The van der Waals surface area contributed by atoms with E-state index in [4.69, 9.17) is 9.47 Å². The summed E-state index contributed by atoms with van der Waals surface area (Å²) in [5, 5.41) is 41.4. The number of allylic oxidation sites excluding steroid dienone is 34. The van der Waals surface area contributed by atoms with Crippen LogP contribution in [0.4, 0.5) is 0 Å². The number of aliphatic hydroxyl groups is 4. The predicted molar refractivity (Wildman–Crippen MR) is 379 cm³/mol. The Morgan fingerprint density at radius 3 is 1.27 bits per heavy atom. The molecule has 0 aromatic heterocycles. The minimum atomic E-state index is -1.11. The van der Waals surface area contributed by atoms with Crippen LogP contribution in [0, 0.1) is 21.7 Å². The summed E-state index contributed by atoms with van der Waals surface area (Å²) in [6, 6.07) is 0. The highest BCUT2D eigenvalue weighted by Crippen LogP contribution is 2.67. The van der Waals surface area contributed by atoms with E-state index in [2.05, 4.69) is 85.4 Å². The second-order valence-electron chi connectivity index (χ2n) is 29.3. The number of aliphatic hydroxyl groups excluding tert-OH is 3. The second kappa shape index (κ2) is 32.8. The van der Waals surface area contributed by atoms with Gasteiger partial charge in [-0.25, -0.2) is 0 Å². The Bertz CT molecular complexity index is 3300. The van der Waals surface area contributed by atoms with Crippen LogP contribution in [-0.4, -0.2) is 85.0 Å². The van der Waals surface area contributed by atoms with E-state index in [9.17, 15) is 39.6 Å². The number of carbonyl (C=O) groups is 4. The summed E-state index contributed by atoms with van der Waals surface area (Å²) in [6.45, 7) is 41.4. The smallest absolute Gasteiger partial charge is 0.302 e. The van der Waals surface area contributed by atoms with E-state index in [0.717, 1.165) is 55.7 Å². The third kappa shape index (κ3) is 22.1. The van der Waals surface area contributed by atoms with E-state index in [-0.39, 0.29) is 57.2 Å². The van der Waals surface area contributed by atoms with Gasteiger partial charge in [0.15, 0.2) is 17.3 Å². The molecule has 0 aromatic rings. The van der Waals surface area contributed by atoms with Crippen LogP contribution in [0.1, 0.15) is 190 Å². The molecule has 10 nitrogen and oxygen atoms in total. The predicted octanol–water partition coefficient (Wildman–Crippen LogP) is 17.6. The van der Waals surface area contributed by atoms with E-state index in [1.54, 1.807) is 20.8 Å². The molecule has 0 amide bonds. The summed E-state index contributed by atoms with van der Waals surface area (Å²) >= 11 is 0. The molecule has 5 aliphatic rings. The standard InChI is InChI=1S/C42H58O6.C40H52O4/c1-29(18-14-19-31(3)22-23-37-38(6,7)26-35(47-33(5)43)27-40(37,10)46)16-12-13-17-30(2)20-15-21-32(4)36(45)28-42-39(8,9)24-34(44)25-41(42,11)48-42;1-27(17-13-19-29(3)21-23-33-31(5)37(43)35(41)25-39(33,7)8)15-11-12-16-28(2)18-14-20-30(4)22-24-34-32(6)38(44)36(42)26-40(34,9)10/h12-22,34-35,44,46H,24-28H2,1-11H3;11-24,35-36,41-42H,25-26H2,1-10H3/b13-12+,18-14+,20-15+,29-16+,30-17+,31-19+,32-21+;12-11+,17-13+,18-14+,23-21+,24-22+,27-15+,28-16+,29-19+,30-20+/t23?,34-,35-,40+,41+,42-;35-,36-/m00/s1. The summed E-state index contributed by atoms with van der Waals surface area (Å²) in [5.74, 6) is -0.594. The normalized spacial score (nSPS) is 28.6. The van der Waals surface area contributed by atoms with E-state index in [1.807, 2.05) is 190 Å². The third-order valence-electron chi connectivity index (χ3n) is 18.4. The average molecular weight is 1260 g/mol. The van der Waals surface area contributed by atoms with Gasteiger partial charge in [-0.15, -0.1) is 5.73 Å². The van der Waals surface area contributed by atoms with E-state index in [0.29, 0.717) is 61.7 Å². The van der Waals surface area contributed by atoms with Crippen molar-refractivity contribution in [2.45, 2.75) is 232 Å². The number of epoxide rings is 1. The van der Waals surface area contributed by atoms with Gasteiger partial charge in [0.05, 0.1) is 17.3 Å². The zero-order valence-electron chi connectivity index (χ0n) is 59.4. The number of hydrogen-bond donors (Lipinski definition) is 4. The Hall–Kier alpha value is -6.88. The molecule has 5 rings (SSSR count). The molecule has 3 fully saturated rings. The maximum atomic E-state index is 13.1. The molecule has 498 valence electrons. The second-order valence-corrected chi connectivity index (χ2v) is 29.3. The number of ketones is 3. The first-order valence-electron chi connectivity index (χ1n) is 32.5. The molecule has 7 atom stereocenters. The molecule has 0 radical (unpaired) electrons. The Morgan fingerprint density at radius 1 is 0.500 bits per heavy atom. The van der Waals surface area contributed by atoms with Crippen LogP contribution < -0.4 is 0 Å². The number of ether oxygens (including phenoxy) is 2. The lowest BCUT2D eigenvalue weighted by molar-refractivity contribution is -0.152. The average Bonchev–Trinajstić information content (AvgIpc) is 1.51. The van der Waals surface area contributed by atoms with Crippen molar-refractivity contribution in [2.24, 2.45) is 21.7 Å². The fourth-order valence-electron chi connectivity index (χ4n) is 13.4. The number of esters is 1. The van der Waals surface area contributed by atoms with E-state index < -0.39 is 29.0 Å². The lowest BCUT2D eigenvalue weighted by atomic mass is 9.61. The topological polar surface area (TPSA) is 171 Å². The molecule has 1 saturated heterocycles. The van der Waals surface area contributed by atoms with Gasteiger partial charge in [-0.3, -0.25) is 19.2 Å². The van der Waals surface area contributed by atoms with Gasteiger partial charge in [0, 0.05) is 31.8 Å². The molecule has 1 aliphatic heterocycles. The minimum absolute atomic E-state index is 0.0816. The molecule has 4 N–H and O–H groups in total.